The van der Waals surface area contributed by atoms with Crippen molar-refractivity contribution in [2.24, 2.45) is 0 Å². The van der Waals surface area contributed by atoms with Crippen LogP contribution in [0.4, 0.5) is 5.82 Å². The fraction of sp³-hybridized carbons (Fsp3) is 0.400. The van der Waals surface area contributed by atoms with Gasteiger partial charge in [-0.05, 0) is 38.5 Å². The first-order chi connectivity index (χ1) is 9.97. The molecule has 0 saturated heterocycles. The minimum Gasteiger partial charge on any atom is -0.365 e. The minimum absolute atomic E-state index is 0.0619. The lowest BCUT2D eigenvalue weighted by atomic mass is 10.2. The standard InChI is InChI=1S/C15H21N5O/c1-10-5-13(6-11(2)18-10)8-17-14-7-12(3)20(19-14)9-15(21)16-4/h5-7H,8-9H2,1-4H3,(H,16,21)(H,17,19). The van der Waals surface area contributed by atoms with Gasteiger partial charge >= 0.3 is 0 Å². The second-order valence-electron chi connectivity index (χ2n) is 5.11. The van der Waals surface area contributed by atoms with Crippen molar-refractivity contribution in [2.45, 2.75) is 33.9 Å². The molecule has 0 aliphatic rings. The van der Waals surface area contributed by atoms with Gasteiger partial charge in [-0.2, -0.15) is 5.10 Å². The van der Waals surface area contributed by atoms with E-state index in [1.54, 1.807) is 11.7 Å². The van der Waals surface area contributed by atoms with E-state index in [1.807, 2.05) is 39.0 Å². The van der Waals surface area contributed by atoms with E-state index in [4.69, 9.17) is 0 Å². The van der Waals surface area contributed by atoms with Crippen LogP contribution < -0.4 is 10.6 Å². The Morgan fingerprint density at radius 2 is 1.86 bits per heavy atom. The monoisotopic (exact) mass is 287 g/mol. The van der Waals surface area contributed by atoms with Gasteiger partial charge in [-0.3, -0.25) is 14.5 Å². The molecule has 1 amide bonds. The summed E-state index contributed by atoms with van der Waals surface area (Å²) in [6, 6.07) is 6.03. The van der Waals surface area contributed by atoms with Crippen molar-refractivity contribution in [2.75, 3.05) is 12.4 Å². The van der Waals surface area contributed by atoms with Crippen LogP contribution in [-0.2, 0) is 17.9 Å². The second kappa shape index (κ2) is 6.39. The molecule has 6 heteroatoms. The van der Waals surface area contributed by atoms with Crippen LogP contribution in [0.5, 0.6) is 0 Å². The molecule has 0 spiro atoms. The number of nitrogens with one attached hydrogen (secondary N) is 2. The Morgan fingerprint density at radius 3 is 2.48 bits per heavy atom. The van der Waals surface area contributed by atoms with Gasteiger partial charge in [-0.1, -0.05) is 0 Å². The number of aryl methyl sites for hydroxylation is 3. The summed E-state index contributed by atoms with van der Waals surface area (Å²) in [5, 5.41) is 10.3. The van der Waals surface area contributed by atoms with Crippen molar-refractivity contribution in [1.82, 2.24) is 20.1 Å². The summed E-state index contributed by atoms with van der Waals surface area (Å²) in [5.41, 5.74) is 4.13. The number of carbonyl (C=O) groups excluding carboxylic acids is 1. The Bertz CT molecular complexity index is 627. The zero-order chi connectivity index (χ0) is 15.4. The van der Waals surface area contributed by atoms with E-state index in [0.717, 1.165) is 22.9 Å². The molecule has 0 bridgehead atoms. The third kappa shape index (κ3) is 4.05. The molecular formula is C15H21N5O. The number of rotatable bonds is 5. The van der Waals surface area contributed by atoms with E-state index >= 15 is 0 Å². The molecule has 21 heavy (non-hydrogen) atoms. The Labute approximate surface area is 124 Å². The number of aromatic nitrogens is 3. The maximum atomic E-state index is 11.4. The topological polar surface area (TPSA) is 71.8 Å². The van der Waals surface area contributed by atoms with Crippen LogP contribution in [0, 0.1) is 20.8 Å². The molecule has 0 radical (unpaired) electrons. The van der Waals surface area contributed by atoms with Gasteiger partial charge < -0.3 is 10.6 Å². The normalized spacial score (nSPS) is 10.5. The fourth-order valence-electron chi connectivity index (χ4n) is 2.19. The SMILES string of the molecule is CNC(=O)Cn1nc(NCc2cc(C)nc(C)c2)cc1C. The highest BCUT2D eigenvalue weighted by Crippen LogP contribution is 2.11. The zero-order valence-electron chi connectivity index (χ0n) is 12.9. The lowest BCUT2D eigenvalue weighted by Gasteiger charge is -2.06. The van der Waals surface area contributed by atoms with Crippen LogP contribution >= 0.6 is 0 Å². The molecule has 0 aromatic carbocycles. The smallest absolute Gasteiger partial charge is 0.241 e. The summed E-state index contributed by atoms with van der Waals surface area (Å²) in [6.07, 6.45) is 0. The van der Waals surface area contributed by atoms with E-state index in [9.17, 15) is 4.79 Å². The fourth-order valence-corrected chi connectivity index (χ4v) is 2.19. The van der Waals surface area contributed by atoms with Gasteiger partial charge in [0.05, 0.1) is 0 Å². The highest BCUT2D eigenvalue weighted by molar-refractivity contribution is 5.75. The largest absolute Gasteiger partial charge is 0.365 e. The average Bonchev–Trinajstić information content (AvgIpc) is 2.76. The van der Waals surface area contributed by atoms with Gasteiger partial charge in [-0.15, -0.1) is 0 Å². The van der Waals surface area contributed by atoms with Gasteiger partial charge in [0.15, 0.2) is 0 Å². The summed E-state index contributed by atoms with van der Waals surface area (Å²) in [7, 11) is 1.62. The molecule has 0 aliphatic heterocycles. The molecular weight excluding hydrogens is 266 g/mol. The van der Waals surface area contributed by atoms with Crippen molar-refractivity contribution < 1.29 is 4.79 Å². The third-order valence-corrected chi connectivity index (χ3v) is 3.17. The highest BCUT2D eigenvalue weighted by Gasteiger charge is 2.07. The zero-order valence-corrected chi connectivity index (χ0v) is 12.9. The lowest BCUT2D eigenvalue weighted by Crippen LogP contribution is -2.24. The molecule has 2 N–H and O–H groups in total. The molecule has 2 rings (SSSR count). The summed E-state index contributed by atoms with van der Waals surface area (Å²) in [5.74, 6) is 0.705. The van der Waals surface area contributed by atoms with E-state index in [0.29, 0.717) is 6.54 Å². The average molecular weight is 287 g/mol. The summed E-state index contributed by atoms with van der Waals surface area (Å²) >= 11 is 0. The molecule has 2 heterocycles. The Hall–Kier alpha value is -2.37. The van der Waals surface area contributed by atoms with Crippen molar-refractivity contribution in [1.29, 1.82) is 0 Å². The predicted molar refractivity (Wildman–Crippen MR) is 82.1 cm³/mol. The maximum Gasteiger partial charge on any atom is 0.241 e. The van der Waals surface area contributed by atoms with Crippen LogP contribution in [0.15, 0.2) is 18.2 Å². The van der Waals surface area contributed by atoms with E-state index in [1.165, 1.54) is 5.56 Å². The lowest BCUT2D eigenvalue weighted by molar-refractivity contribution is -0.121. The van der Waals surface area contributed by atoms with E-state index in [2.05, 4.69) is 20.7 Å². The van der Waals surface area contributed by atoms with Crippen LogP contribution in [0.2, 0.25) is 0 Å². The number of pyridine rings is 1. The van der Waals surface area contributed by atoms with Gasteiger partial charge in [-0.25, -0.2) is 0 Å². The van der Waals surface area contributed by atoms with E-state index < -0.39 is 0 Å². The first-order valence-corrected chi connectivity index (χ1v) is 6.91. The minimum atomic E-state index is -0.0619. The number of likely N-dealkylation sites (N-methyl/N-ethyl adjacent to an activating group) is 1. The highest BCUT2D eigenvalue weighted by atomic mass is 16.1. The van der Waals surface area contributed by atoms with Crippen LogP contribution in [0.1, 0.15) is 22.6 Å². The quantitative estimate of drug-likeness (QED) is 0.875. The number of hydrogen-bond donors (Lipinski definition) is 2. The molecule has 0 unspecified atom stereocenters. The molecule has 0 aliphatic carbocycles. The van der Waals surface area contributed by atoms with E-state index in [-0.39, 0.29) is 12.5 Å². The molecule has 2 aromatic heterocycles. The Balaban J connectivity index is 2.03. The van der Waals surface area contributed by atoms with Crippen molar-refractivity contribution in [3.05, 3.63) is 40.8 Å². The first-order valence-electron chi connectivity index (χ1n) is 6.91. The molecule has 0 atom stereocenters. The van der Waals surface area contributed by atoms with Crippen LogP contribution in [0.25, 0.3) is 0 Å². The Morgan fingerprint density at radius 1 is 1.19 bits per heavy atom. The summed E-state index contributed by atoms with van der Waals surface area (Å²) < 4.78 is 1.68. The van der Waals surface area contributed by atoms with Crippen molar-refractivity contribution in [3.63, 3.8) is 0 Å². The molecule has 0 fully saturated rings. The first kappa shape index (κ1) is 15.0. The molecule has 112 valence electrons. The Kier molecular flexibility index (Phi) is 4.57. The van der Waals surface area contributed by atoms with Gasteiger partial charge in [0.2, 0.25) is 5.91 Å². The van der Waals surface area contributed by atoms with Crippen molar-refractivity contribution in [3.8, 4) is 0 Å². The number of nitrogens with zero attached hydrogens (tertiary/aromatic N) is 3. The van der Waals surface area contributed by atoms with Gasteiger partial charge in [0.25, 0.3) is 0 Å². The van der Waals surface area contributed by atoms with Crippen LogP contribution in [0.3, 0.4) is 0 Å². The van der Waals surface area contributed by atoms with Crippen LogP contribution in [-0.4, -0.2) is 27.7 Å². The predicted octanol–water partition coefficient (Wildman–Crippen LogP) is 1.56. The van der Waals surface area contributed by atoms with Crippen molar-refractivity contribution >= 4 is 11.7 Å². The summed E-state index contributed by atoms with van der Waals surface area (Å²) in [4.78, 5) is 15.8. The van der Waals surface area contributed by atoms with Gasteiger partial charge in [0.1, 0.15) is 12.4 Å². The number of anilines is 1. The number of amides is 1. The summed E-state index contributed by atoms with van der Waals surface area (Å²) in [6.45, 7) is 6.82. The second-order valence-corrected chi connectivity index (χ2v) is 5.11. The maximum absolute atomic E-state index is 11.4. The molecule has 0 saturated carbocycles. The number of hydrogen-bond acceptors (Lipinski definition) is 4. The third-order valence-electron chi connectivity index (χ3n) is 3.17. The molecule has 6 nitrogen and oxygen atoms in total. The number of carbonyl (C=O) groups is 1. The van der Waals surface area contributed by atoms with Gasteiger partial charge in [0, 0.05) is 36.7 Å². The molecule has 2 aromatic rings.